The molecule has 0 radical (unpaired) electrons. The van der Waals surface area contributed by atoms with Crippen molar-refractivity contribution in [1.29, 1.82) is 0 Å². The Bertz CT molecular complexity index is 896. The van der Waals surface area contributed by atoms with Crippen LogP contribution in [0.25, 0.3) is 16.9 Å². The van der Waals surface area contributed by atoms with Crippen LogP contribution in [0, 0.1) is 0 Å². The molecule has 0 saturated carbocycles. The van der Waals surface area contributed by atoms with Gasteiger partial charge in [-0.15, -0.1) is 0 Å². The Morgan fingerprint density at radius 2 is 1.50 bits per heavy atom. The van der Waals surface area contributed by atoms with E-state index < -0.39 is 29.4 Å². The van der Waals surface area contributed by atoms with Crippen LogP contribution in [-0.2, 0) is 12.4 Å². The molecule has 3 rings (SSSR count). The first-order valence-corrected chi connectivity index (χ1v) is 6.74. The number of aromatic nitrogens is 3. The van der Waals surface area contributed by atoms with Crippen molar-refractivity contribution in [2.75, 3.05) is 0 Å². The summed E-state index contributed by atoms with van der Waals surface area (Å²) in [5.41, 5.74) is -3.30. The van der Waals surface area contributed by atoms with Gasteiger partial charge in [0.05, 0.1) is 5.69 Å². The van der Waals surface area contributed by atoms with Gasteiger partial charge in [-0.1, -0.05) is 23.7 Å². The SMILES string of the molecule is FC(F)(F)c1cc(C(F)(F)F)n2nc(-c3ccc(Cl)cc3)cc2n1. The van der Waals surface area contributed by atoms with Crippen molar-refractivity contribution in [3.63, 3.8) is 0 Å². The molecule has 3 nitrogen and oxygen atoms in total. The molecule has 1 aromatic carbocycles. The average Bonchev–Trinajstić information content (AvgIpc) is 2.88. The van der Waals surface area contributed by atoms with Crippen molar-refractivity contribution >= 4 is 17.2 Å². The van der Waals surface area contributed by atoms with Crippen LogP contribution in [0.1, 0.15) is 11.4 Å². The van der Waals surface area contributed by atoms with Crippen molar-refractivity contribution in [3.8, 4) is 11.3 Å². The lowest BCUT2D eigenvalue weighted by atomic mass is 10.1. The van der Waals surface area contributed by atoms with E-state index >= 15 is 0 Å². The Morgan fingerprint density at radius 1 is 0.875 bits per heavy atom. The van der Waals surface area contributed by atoms with Crippen LogP contribution in [0.3, 0.4) is 0 Å². The van der Waals surface area contributed by atoms with Crippen LogP contribution in [0.4, 0.5) is 26.3 Å². The van der Waals surface area contributed by atoms with Crippen molar-refractivity contribution in [2.45, 2.75) is 12.4 Å². The smallest absolute Gasteiger partial charge is 0.224 e. The fourth-order valence-electron chi connectivity index (χ4n) is 2.08. The zero-order valence-corrected chi connectivity index (χ0v) is 12.2. The summed E-state index contributed by atoms with van der Waals surface area (Å²) in [6.07, 6.45) is -10.0. The molecule has 0 fully saturated rings. The fourth-order valence-corrected chi connectivity index (χ4v) is 2.21. The minimum absolute atomic E-state index is 0.0454. The summed E-state index contributed by atoms with van der Waals surface area (Å²) >= 11 is 5.72. The fraction of sp³-hybridized carbons (Fsp3) is 0.143. The Hall–Kier alpha value is -2.29. The highest BCUT2D eigenvalue weighted by Gasteiger charge is 2.40. The van der Waals surface area contributed by atoms with Gasteiger partial charge in [0.2, 0.25) is 0 Å². The predicted molar refractivity (Wildman–Crippen MR) is 73.4 cm³/mol. The zero-order chi connectivity index (χ0) is 17.7. The summed E-state index contributed by atoms with van der Waals surface area (Å²) < 4.78 is 77.9. The highest BCUT2D eigenvalue weighted by Crippen LogP contribution is 2.35. The van der Waals surface area contributed by atoms with Gasteiger partial charge >= 0.3 is 12.4 Å². The first kappa shape index (κ1) is 16.6. The zero-order valence-electron chi connectivity index (χ0n) is 11.5. The second-order valence-corrected chi connectivity index (χ2v) is 5.27. The molecule has 0 amide bonds. The van der Waals surface area contributed by atoms with Crippen LogP contribution in [-0.4, -0.2) is 14.6 Å². The third-order valence-electron chi connectivity index (χ3n) is 3.15. The molecule has 0 aliphatic carbocycles. The van der Waals surface area contributed by atoms with Gasteiger partial charge in [-0.25, -0.2) is 9.50 Å². The second-order valence-electron chi connectivity index (χ2n) is 4.83. The van der Waals surface area contributed by atoms with E-state index in [1.807, 2.05) is 0 Å². The van der Waals surface area contributed by atoms with E-state index in [1.54, 1.807) is 0 Å². The first-order valence-electron chi connectivity index (χ1n) is 6.37. The lowest BCUT2D eigenvalue weighted by molar-refractivity contribution is -0.148. The summed E-state index contributed by atoms with van der Waals surface area (Å²) in [6, 6.07) is 6.93. The molecule has 24 heavy (non-hydrogen) atoms. The molecule has 2 heterocycles. The highest BCUT2D eigenvalue weighted by atomic mass is 35.5. The number of alkyl halides is 6. The molecule has 0 spiro atoms. The minimum atomic E-state index is -5.02. The molecule has 2 aromatic heterocycles. The number of nitrogens with zero attached hydrogens (tertiary/aromatic N) is 3. The van der Waals surface area contributed by atoms with Gasteiger partial charge in [0, 0.05) is 16.7 Å². The number of fused-ring (bicyclic) bond motifs is 1. The van der Waals surface area contributed by atoms with Gasteiger partial charge in [-0.05, 0) is 18.2 Å². The first-order chi connectivity index (χ1) is 11.1. The second kappa shape index (κ2) is 5.37. The third kappa shape index (κ3) is 3.03. The van der Waals surface area contributed by atoms with E-state index in [0.29, 0.717) is 15.1 Å². The standard InChI is InChI=1S/C14H6ClF6N3/c15-8-3-1-7(2-4-8)9-5-12-22-10(13(16,17)18)6-11(14(19,20)21)24(12)23-9/h1-6H. The van der Waals surface area contributed by atoms with Crippen LogP contribution in [0.2, 0.25) is 5.02 Å². The summed E-state index contributed by atoms with van der Waals surface area (Å²) in [5, 5.41) is 4.13. The molecule has 10 heteroatoms. The maximum absolute atomic E-state index is 13.1. The largest absolute Gasteiger partial charge is 0.433 e. The Morgan fingerprint density at radius 3 is 2.04 bits per heavy atom. The summed E-state index contributed by atoms with van der Waals surface area (Å²) in [5.74, 6) is 0. The molecule has 0 bridgehead atoms. The summed E-state index contributed by atoms with van der Waals surface area (Å²) in [7, 11) is 0. The molecule has 0 unspecified atom stereocenters. The quantitative estimate of drug-likeness (QED) is 0.562. The van der Waals surface area contributed by atoms with Gasteiger partial charge in [-0.3, -0.25) is 0 Å². The molecular formula is C14H6ClF6N3. The summed E-state index contributed by atoms with van der Waals surface area (Å²) in [4.78, 5) is 3.23. The van der Waals surface area contributed by atoms with E-state index in [4.69, 9.17) is 11.6 Å². The number of hydrogen-bond acceptors (Lipinski definition) is 2. The van der Waals surface area contributed by atoms with E-state index in [0.717, 1.165) is 6.07 Å². The topological polar surface area (TPSA) is 30.2 Å². The highest BCUT2D eigenvalue weighted by molar-refractivity contribution is 6.30. The number of benzene rings is 1. The number of hydrogen-bond donors (Lipinski definition) is 0. The van der Waals surface area contributed by atoms with Crippen molar-refractivity contribution in [3.05, 3.63) is 52.8 Å². The lowest BCUT2D eigenvalue weighted by Gasteiger charge is -2.12. The molecule has 126 valence electrons. The van der Waals surface area contributed by atoms with Crippen LogP contribution >= 0.6 is 11.6 Å². The van der Waals surface area contributed by atoms with Crippen LogP contribution in [0.5, 0.6) is 0 Å². The maximum atomic E-state index is 13.1. The van der Waals surface area contributed by atoms with Crippen molar-refractivity contribution in [2.24, 2.45) is 0 Å². The number of halogens is 7. The van der Waals surface area contributed by atoms with Gasteiger partial charge in [0.25, 0.3) is 0 Å². The van der Waals surface area contributed by atoms with Crippen molar-refractivity contribution < 1.29 is 26.3 Å². The van der Waals surface area contributed by atoms with E-state index in [-0.39, 0.29) is 11.8 Å². The monoisotopic (exact) mass is 365 g/mol. The molecule has 0 saturated heterocycles. The Kier molecular flexibility index (Phi) is 3.71. The maximum Gasteiger partial charge on any atom is 0.433 e. The summed E-state index contributed by atoms with van der Waals surface area (Å²) in [6.45, 7) is 0. The lowest BCUT2D eigenvalue weighted by Crippen LogP contribution is -2.17. The molecule has 0 N–H and O–H groups in total. The van der Waals surface area contributed by atoms with E-state index in [2.05, 4.69) is 10.1 Å². The van der Waals surface area contributed by atoms with Crippen molar-refractivity contribution in [1.82, 2.24) is 14.6 Å². The van der Waals surface area contributed by atoms with Crippen LogP contribution < -0.4 is 0 Å². The van der Waals surface area contributed by atoms with E-state index in [1.165, 1.54) is 24.3 Å². The average molecular weight is 366 g/mol. The molecule has 0 aliphatic rings. The Labute approximate surface area is 135 Å². The predicted octanol–water partition coefficient (Wildman–Crippen LogP) is 5.09. The Balaban J connectivity index is 2.26. The van der Waals surface area contributed by atoms with Gasteiger partial charge in [0.15, 0.2) is 11.3 Å². The van der Waals surface area contributed by atoms with Crippen LogP contribution in [0.15, 0.2) is 36.4 Å². The molecule has 0 aliphatic heterocycles. The van der Waals surface area contributed by atoms with E-state index in [9.17, 15) is 26.3 Å². The minimum Gasteiger partial charge on any atom is -0.224 e. The van der Waals surface area contributed by atoms with Gasteiger partial charge in [0.1, 0.15) is 5.69 Å². The van der Waals surface area contributed by atoms with Gasteiger partial charge < -0.3 is 0 Å². The molecule has 0 atom stereocenters. The molecular weight excluding hydrogens is 360 g/mol. The normalized spacial score (nSPS) is 12.8. The third-order valence-corrected chi connectivity index (χ3v) is 3.40. The molecule has 3 aromatic rings. The van der Waals surface area contributed by atoms with Gasteiger partial charge in [-0.2, -0.15) is 31.4 Å². The number of rotatable bonds is 1.